The first-order valence-electron chi connectivity index (χ1n) is 13.6. The lowest BCUT2D eigenvalue weighted by Crippen LogP contribution is -2.51. The third-order valence-electron chi connectivity index (χ3n) is 6.57. The number of benzene rings is 3. The topological polar surface area (TPSA) is 86.8 Å². The number of hydrogen-bond donors (Lipinski definition) is 1. The minimum absolute atomic E-state index is 0.0365. The van der Waals surface area contributed by atoms with Crippen LogP contribution in [0.1, 0.15) is 37.8 Å². The standard InChI is InChI=1S/C31H36BrF2N3O4S/c1-22(2)20-35-31(39)29(18-23-8-5-4-6-9-23)36(21-24-11-13-25(32)14-12-24)30(38)10-7-17-37(42(3,40)41)26-15-16-27(33)28(34)19-26/h4-6,8-9,11-16,19,22,29H,7,10,17-18,20-21H2,1-3H3,(H,35,39). The fraction of sp³-hybridized carbons (Fsp3) is 0.355. The maximum atomic E-state index is 13.9. The molecule has 42 heavy (non-hydrogen) atoms. The Balaban J connectivity index is 1.88. The molecule has 0 radical (unpaired) electrons. The van der Waals surface area contributed by atoms with Crippen LogP contribution in [0, 0.1) is 17.6 Å². The van der Waals surface area contributed by atoms with Gasteiger partial charge in [0.25, 0.3) is 0 Å². The number of carbonyl (C=O) groups is 2. The number of halogens is 3. The first kappa shape index (κ1) is 33.2. The molecular formula is C31H36BrF2N3O4S. The summed E-state index contributed by atoms with van der Waals surface area (Å²) in [4.78, 5) is 28.9. The van der Waals surface area contributed by atoms with Crippen molar-refractivity contribution in [2.75, 3.05) is 23.7 Å². The highest BCUT2D eigenvalue weighted by Gasteiger charge is 2.30. The van der Waals surface area contributed by atoms with E-state index in [-0.39, 0.29) is 55.8 Å². The smallest absolute Gasteiger partial charge is 0.243 e. The second-order valence-corrected chi connectivity index (χ2v) is 13.4. The number of nitrogens with one attached hydrogen (secondary N) is 1. The molecule has 0 fully saturated rings. The molecule has 0 aromatic heterocycles. The van der Waals surface area contributed by atoms with Crippen LogP contribution in [-0.2, 0) is 32.6 Å². The van der Waals surface area contributed by atoms with E-state index in [1.165, 1.54) is 11.0 Å². The van der Waals surface area contributed by atoms with E-state index in [1.807, 2.05) is 68.4 Å². The summed E-state index contributed by atoms with van der Waals surface area (Å²) in [7, 11) is -3.85. The van der Waals surface area contributed by atoms with Crippen LogP contribution in [0.3, 0.4) is 0 Å². The van der Waals surface area contributed by atoms with Gasteiger partial charge in [-0.15, -0.1) is 0 Å². The Bertz CT molecular complexity index is 1450. The average Bonchev–Trinajstić information content (AvgIpc) is 2.94. The van der Waals surface area contributed by atoms with Crippen LogP contribution in [0.2, 0.25) is 0 Å². The van der Waals surface area contributed by atoms with Gasteiger partial charge in [-0.1, -0.05) is 72.2 Å². The van der Waals surface area contributed by atoms with Gasteiger partial charge in [-0.25, -0.2) is 17.2 Å². The van der Waals surface area contributed by atoms with E-state index in [4.69, 9.17) is 0 Å². The first-order chi connectivity index (χ1) is 19.8. The SMILES string of the molecule is CC(C)CNC(=O)C(Cc1ccccc1)N(Cc1ccc(Br)cc1)C(=O)CCCN(c1ccc(F)c(F)c1)S(C)(=O)=O. The first-order valence-corrected chi connectivity index (χ1v) is 16.3. The van der Waals surface area contributed by atoms with Crippen molar-refractivity contribution in [2.24, 2.45) is 5.92 Å². The van der Waals surface area contributed by atoms with Crippen LogP contribution in [0.4, 0.5) is 14.5 Å². The third kappa shape index (κ3) is 9.90. The molecule has 3 rings (SSSR count). The van der Waals surface area contributed by atoms with Crippen molar-refractivity contribution in [3.05, 3.63) is 100 Å². The van der Waals surface area contributed by atoms with Gasteiger partial charge in [-0.05, 0) is 47.7 Å². The van der Waals surface area contributed by atoms with E-state index in [2.05, 4.69) is 21.2 Å². The van der Waals surface area contributed by atoms with Crippen molar-refractivity contribution in [3.63, 3.8) is 0 Å². The Morgan fingerprint density at radius 1 is 0.929 bits per heavy atom. The summed E-state index contributed by atoms with van der Waals surface area (Å²) in [5.74, 6) is -2.67. The minimum atomic E-state index is -3.85. The predicted molar refractivity (Wildman–Crippen MR) is 164 cm³/mol. The number of amides is 2. The minimum Gasteiger partial charge on any atom is -0.354 e. The molecule has 3 aromatic carbocycles. The molecule has 11 heteroatoms. The number of anilines is 1. The molecule has 0 saturated heterocycles. The maximum Gasteiger partial charge on any atom is 0.243 e. The molecule has 0 heterocycles. The zero-order valence-corrected chi connectivity index (χ0v) is 26.3. The largest absolute Gasteiger partial charge is 0.354 e. The van der Waals surface area contributed by atoms with E-state index >= 15 is 0 Å². The van der Waals surface area contributed by atoms with Crippen LogP contribution in [0.15, 0.2) is 77.3 Å². The molecule has 1 N–H and O–H groups in total. The van der Waals surface area contributed by atoms with E-state index in [0.717, 1.165) is 38.3 Å². The summed E-state index contributed by atoms with van der Waals surface area (Å²) in [6.45, 7) is 4.44. The zero-order valence-electron chi connectivity index (χ0n) is 23.9. The van der Waals surface area contributed by atoms with Crippen molar-refractivity contribution in [1.29, 1.82) is 0 Å². The number of nitrogens with zero attached hydrogens (tertiary/aromatic N) is 2. The van der Waals surface area contributed by atoms with Crippen molar-refractivity contribution in [1.82, 2.24) is 10.2 Å². The molecule has 3 aromatic rings. The van der Waals surface area contributed by atoms with Crippen molar-refractivity contribution in [3.8, 4) is 0 Å². The quantitative estimate of drug-likeness (QED) is 0.240. The molecular weight excluding hydrogens is 628 g/mol. The van der Waals surface area contributed by atoms with Crippen LogP contribution >= 0.6 is 15.9 Å². The highest BCUT2D eigenvalue weighted by molar-refractivity contribution is 9.10. The Hall–Kier alpha value is -3.31. The van der Waals surface area contributed by atoms with Gasteiger partial charge in [0.1, 0.15) is 6.04 Å². The molecule has 0 saturated carbocycles. The van der Waals surface area contributed by atoms with Crippen LogP contribution in [0.25, 0.3) is 0 Å². The summed E-state index contributed by atoms with van der Waals surface area (Å²) < 4.78 is 54.1. The lowest BCUT2D eigenvalue weighted by Gasteiger charge is -2.32. The fourth-order valence-corrected chi connectivity index (χ4v) is 5.63. The van der Waals surface area contributed by atoms with Gasteiger partial charge in [-0.2, -0.15) is 0 Å². The monoisotopic (exact) mass is 663 g/mol. The Morgan fingerprint density at radius 2 is 1.60 bits per heavy atom. The molecule has 0 aliphatic heterocycles. The summed E-state index contributed by atoms with van der Waals surface area (Å²) in [5, 5.41) is 2.96. The summed E-state index contributed by atoms with van der Waals surface area (Å²) in [6, 6.07) is 18.9. The van der Waals surface area contributed by atoms with Crippen molar-refractivity contribution < 1.29 is 26.8 Å². The highest BCUT2D eigenvalue weighted by atomic mass is 79.9. The summed E-state index contributed by atoms with van der Waals surface area (Å²) in [5.41, 5.74) is 1.67. The average molecular weight is 665 g/mol. The second-order valence-electron chi connectivity index (χ2n) is 10.5. The fourth-order valence-electron chi connectivity index (χ4n) is 4.41. The lowest BCUT2D eigenvalue weighted by atomic mass is 10.0. The van der Waals surface area contributed by atoms with Gasteiger partial charge in [0.15, 0.2) is 11.6 Å². The second kappa shape index (κ2) is 15.2. The van der Waals surface area contributed by atoms with E-state index in [9.17, 15) is 26.8 Å². The van der Waals surface area contributed by atoms with E-state index in [1.54, 1.807) is 0 Å². The maximum absolute atomic E-state index is 13.9. The highest BCUT2D eigenvalue weighted by Crippen LogP contribution is 2.22. The Morgan fingerprint density at radius 3 is 2.19 bits per heavy atom. The van der Waals surface area contributed by atoms with Gasteiger partial charge in [0.05, 0.1) is 11.9 Å². The zero-order chi connectivity index (χ0) is 30.9. The van der Waals surface area contributed by atoms with Gasteiger partial charge in [0.2, 0.25) is 21.8 Å². The number of carbonyl (C=O) groups excluding carboxylic acids is 2. The summed E-state index contributed by atoms with van der Waals surface area (Å²) >= 11 is 3.42. The molecule has 0 spiro atoms. The molecule has 1 unspecified atom stereocenters. The van der Waals surface area contributed by atoms with Crippen LogP contribution < -0.4 is 9.62 Å². The van der Waals surface area contributed by atoms with Gasteiger partial charge in [-0.3, -0.25) is 13.9 Å². The molecule has 2 amide bonds. The number of sulfonamides is 1. The Labute approximate surface area is 255 Å². The third-order valence-corrected chi connectivity index (χ3v) is 8.29. The Kier molecular flexibility index (Phi) is 12.0. The van der Waals surface area contributed by atoms with Crippen molar-refractivity contribution >= 4 is 43.5 Å². The number of rotatable bonds is 14. The van der Waals surface area contributed by atoms with Crippen molar-refractivity contribution in [2.45, 2.75) is 45.7 Å². The summed E-state index contributed by atoms with van der Waals surface area (Å²) in [6.07, 6.45) is 1.27. The van der Waals surface area contributed by atoms with Gasteiger partial charge >= 0.3 is 0 Å². The molecule has 226 valence electrons. The molecule has 0 aliphatic carbocycles. The van der Waals surface area contributed by atoms with Crippen LogP contribution in [-0.4, -0.2) is 50.5 Å². The molecule has 0 bridgehead atoms. The van der Waals surface area contributed by atoms with E-state index < -0.39 is 27.7 Å². The van der Waals surface area contributed by atoms with Gasteiger partial charge in [0, 0.05) is 43.0 Å². The number of hydrogen-bond acceptors (Lipinski definition) is 4. The van der Waals surface area contributed by atoms with Gasteiger partial charge < -0.3 is 10.2 Å². The molecule has 7 nitrogen and oxygen atoms in total. The predicted octanol–water partition coefficient (Wildman–Crippen LogP) is 5.69. The lowest BCUT2D eigenvalue weighted by molar-refractivity contribution is -0.141. The molecule has 1 atom stereocenters. The van der Waals surface area contributed by atoms with Crippen LogP contribution in [0.5, 0.6) is 0 Å². The normalized spacial score (nSPS) is 12.2. The van der Waals surface area contributed by atoms with E-state index in [0.29, 0.717) is 6.54 Å². The molecule has 0 aliphatic rings.